The quantitative estimate of drug-likeness (QED) is 0.780. The van der Waals surface area contributed by atoms with Gasteiger partial charge in [-0.3, -0.25) is 9.63 Å². The van der Waals surface area contributed by atoms with Gasteiger partial charge in [-0.25, -0.2) is 8.42 Å². The smallest absolute Gasteiger partial charge is 0.264 e. The molecule has 0 spiro atoms. The van der Waals surface area contributed by atoms with Gasteiger partial charge in [-0.1, -0.05) is 10.5 Å². The second-order valence-electron chi connectivity index (χ2n) is 4.97. The van der Waals surface area contributed by atoms with Crippen molar-refractivity contribution < 1.29 is 22.8 Å². The highest BCUT2D eigenvalue weighted by atomic mass is 32.2. The molecule has 1 unspecified atom stereocenters. The Bertz CT molecular complexity index is 626. The largest absolute Gasteiger partial charge is 0.376 e. The van der Waals surface area contributed by atoms with Crippen LogP contribution in [0.1, 0.15) is 23.2 Å². The number of nitrogens with zero attached hydrogens (tertiary/aromatic N) is 1. The molecule has 1 aromatic rings. The monoisotopic (exact) mass is 328 g/mol. The first-order valence-corrected chi connectivity index (χ1v) is 8.42. The van der Waals surface area contributed by atoms with Gasteiger partial charge in [0.25, 0.3) is 15.9 Å². The molecule has 1 N–H and O–H groups in total. The molecular formula is C14H20N2O5S. The molecule has 0 aromatic heterocycles. The molecular weight excluding hydrogens is 308 g/mol. The Hall–Kier alpha value is -1.48. The number of nitrogens with one attached hydrogen (secondary N) is 1. The van der Waals surface area contributed by atoms with Gasteiger partial charge in [0.1, 0.15) is 0 Å². The second-order valence-corrected chi connectivity index (χ2v) is 6.91. The number of carbonyl (C=O) groups is 1. The molecule has 1 aromatic carbocycles. The van der Waals surface area contributed by atoms with E-state index >= 15 is 0 Å². The third-order valence-corrected chi connectivity index (χ3v) is 5.18. The average molecular weight is 328 g/mol. The summed E-state index contributed by atoms with van der Waals surface area (Å²) in [6.07, 6.45) is 1.96. The summed E-state index contributed by atoms with van der Waals surface area (Å²) in [4.78, 5) is 16.8. The summed E-state index contributed by atoms with van der Waals surface area (Å²) in [7, 11) is -1.22. The predicted octanol–water partition coefficient (Wildman–Crippen LogP) is 0.777. The van der Waals surface area contributed by atoms with E-state index in [0.717, 1.165) is 23.9 Å². The van der Waals surface area contributed by atoms with Crippen molar-refractivity contribution in [1.82, 2.24) is 9.79 Å². The fourth-order valence-electron chi connectivity index (χ4n) is 2.16. The molecule has 8 heteroatoms. The van der Waals surface area contributed by atoms with Crippen molar-refractivity contribution in [3.8, 4) is 0 Å². The summed E-state index contributed by atoms with van der Waals surface area (Å²) in [5.41, 5.74) is 0.281. The van der Waals surface area contributed by atoms with Crippen molar-refractivity contribution in [2.75, 3.05) is 27.3 Å². The van der Waals surface area contributed by atoms with Gasteiger partial charge in [-0.15, -0.1) is 0 Å². The number of amides is 1. The van der Waals surface area contributed by atoms with Crippen LogP contribution < -0.4 is 5.32 Å². The average Bonchev–Trinajstić information content (AvgIpc) is 3.05. The molecule has 1 atom stereocenters. The van der Waals surface area contributed by atoms with Crippen LogP contribution in [0.15, 0.2) is 29.2 Å². The van der Waals surface area contributed by atoms with Gasteiger partial charge in [0.15, 0.2) is 0 Å². The Kier molecular flexibility index (Phi) is 5.52. The number of ether oxygens (including phenoxy) is 1. The highest BCUT2D eigenvalue weighted by molar-refractivity contribution is 7.89. The number of hydrogen-bond donors (Lipinski definition) is 1. The summed E-state index contributed by atoms with van der Waals surface area (Å²) >= 11 is 0. The van der Waals surface area contributed by atoms with Crippen LogP contribution in [0.4, 0.5) is 0 Å². The van der Waals surface area contributed by atoms with Gasteiger partial charge in [0.2, 0.25) is 0 Å². The Morgan fingerprint density at radius 1 is 1.50 bits per heavy atom. The zero-order chi connectivity index (χ0) is 16.2. The van der Waals surface area contributed by atoms with E-state index in [0.29, 0.717) is 6.54 Å². The third kappa shape index (κ3) is 3.83. The highest BCUT2D eigenvalue weighted by Crippen LogP contribution is 2.16. The van der Waals surface area contributed by atoms with E-state index in [-0.39, 0.29) is 22.5 Å². The van der Waals surface area contributed by atoms with Crippen LogP contribution >= 0.6 is 0 Å². The van der Waals surface area contributed by atoms with Crippen molar-refractivity contribution in [3.63, 3.8) is 0 Å². The van der Waals surface area contributed by atoms with Crippen molar-refractivity contribution in [2.45, 2.75) is 23.8 Å². The van der Waals surface area contributed by atoms with E-state index in [1.807, 2.05) is 0 Å². The van der Waals surface area contributed by atoms with Crippen molar-refractivity contribution in [3.05, 3.63) is 29.8 Å². The molecule has 1 fully saturated rings. The lowest BCUT2D eigenvalue weighted by Crippen LogP contribution is -2.32. The van der Waals surface area contributed by atoms with Crippen molar-refractivity contribution in [1.29, 1.82) is 0 Å². The van der Waals surface area contributed by atoms with Crippen LogP contribution in [-0.4, -0.2) is 52.2 Å². The summed E-state index contributed by atoms with van der Waals surface area (Å²) in [5.74, 6) is -0.326. The second kappa shape index (κ2) is 7.19. The van der Waals surface area contributed by atoms with E-state index < -0.39 is 10.0 Å². The summed E-state index contributed by atoms with van der Waals surface area (Å²) in [6.45, 7) is 1.14. The molecule has 1 saturated heterocycles. The Balaban J connectivity index is 2.08. The van der Waals surface area contributed by atoms with E-state index in [4.69, 9.17) is 9.57 Å². The van der Waals surface area contributed by atoms with Gasteiger partial charge in [0.05, 0.1) is 18.1 Å². The molecule has 1 aliphatic rings. The van der Waals surface area contributed by atoms with E-state index in [1.54, 1.807) is 6.07 Å². The highest BCUT2D eigenvalue weighted by Gasteiger charge is 2.22. The zero-order valence-corrected chi connectivity index (χ0v) is 13.4. The Morgan fingerprint density at radius 3 is 2.91 bits per heavy atom. The lowest BCUT2D eigenvalue weighted by molar-refractivity contribution is -0.0258. The van der Waals surface area contributed by atoms with Gasteiger partial charge in [-0.2, -0.15) is 0 Å². The van der Waals surface area contributed by atoms with Gasteiger partial charge >= 0.3 is 0 Å². The van der Waals surface area contributed by atoms with E-state index in [9.17, 15) is 13.2 Å². The zero-order valence-electron chi connectivity index (χ0n) is 12.6. The number of rotatable bonds is 6. The van der Waals surface area contributed by atoms with Gasteiger partial charge < -0.3 is 10.1 Å². The van der Waals surface area contributed by atoms with Crippen LogP contribution in [0.3, 0.4) is 0 Å². The molecule has 22 heavy (non-hydrogen) atoms. The van der Waals surface area contributed by atoms with Crippen molar-refractivity contribution in [2.24, 2.45) is 0 Å². The lowest BCUT2D eigenvalue weighted by Gasteiger charge is -2.15. The molecule has 1 amide bonds. The van der Waals surface area contributed by atoms with Crippen LogP contribution in [0, 0.1) is 0 Å². The van der Waals surface area contributed by atoms with Gasteiger partial charge in [-0.05, 0) is 31.0 Å². The predicted molar refractivity (Wildman–Crippen MR) is 79.7 cm³/mol. The molecule has 0 radical (unpaired) electrons. The molecule has 122 valence electrons. The Morgan fingerprint density at radius 2 is 2.27 bits per heavy atom. The first kappa shape index (κ1) is 16.9. The topological polar surface area (TPSA) is 84.9 Å². The molecule has 1 heterocycles. The summed E-state index contributed by atoms with van der Waals surface area (Å²) in [5, 5.41) is 2.76. The normalized spacial score (nSPS) is 18.6. The minimum atomic E-state index is -3.77. The van der Waals surface area contributed by atoms with Crippen LogP contribution in [0.5, 0.6) is 0 Å². The maximum absolute atomic E-state index is 12.2. The number of benzene rings is 1. The summed E-state index contributed by atoms with van der Waals surface area (Å²) < 4.78 is 30.5. The first-order valence-electron chi connectivity index (χ1n) is 6.98. The number of sulfonamides is 1. The lowest BCUT2D eigenvalue weighted by atomic mass is 10.2. The van der Waals surface area contributed by atoms with E-state index in [1.165, 1.54) is 32.4 Å². The van der Waals surface area contributed by atoms with Crippen LogP contribution in [0.25, 0.3) is 0 Å². The molecule has 1 aliphatic heterocycles. The molecule has 7 nitrogen and oxygen atoms in total. The molecule has 2 rings (SSSR count). The maximum Gasteiger partial charge on any atom is 0.264 e. The fourth-order valence-corrected chi connectivity index (χ4v) is 3.18. The van der Waals surface area contributed by atoms with E-state index in [2.05, 4.69) is 5.32 Å². The molecule has 0 bridgehead atoms. The Labute approximate surface area is 130 Å². The van der Waals surface area contributed by atoms with Crippen LogP contribution in [-0.2, 0) is 19.6 Å². The minimum Gasteiger partial charge on any atom is -0.376 e. The number of carbonyl (C=O) groups excluding carboxylic acids is 1. The fraction of sp³-hybridized carbons (Fsp3) is 0.500. The maximum atomic E-state index is 12.2. The first-order chi connectivity index (χ1) is 10.4. The van der Waals surface area contributed by atoms with Gasteiger partial charge in [0, 0.05) is 25.8 Å². The third-order valence-electron chi connectivity index (χ3n) is 3.50. The SMILES string of the molecule is CON(C)S(=O)(=O)c1cccc(C(=O)NCC2CCCO2)c1. The molecule has 0 aliphatic carbocycles. The standard InChI is InChI=1S/C14H20N2O5S/c1-16(20-2)22(18,19)13-7-3-5-11(9-13)14(17)15-10-12-6-4-8-21-12/h3,5,7,9,12H,4,6,8,10H2,1-2H3,(H,15,17). The number of hydroxylamine groups is 1. The van der Waals surface area contributed by atoms with Crippen LogP contribution in [0.2, 0.25) is 0 Å². The molecule has 0 saturated carbocycles. The van der Waals surface area contributed by atoms with Crippen molar-refractivity contribution >= 4 is 15.9 Å². The summed E-state index contributed by atoms with van der Waals surface area (Å²) in [6, 6.07) is 5.84. The minimum absolute atomic E-state index is 0.00150. The number of hydrogen-bond acceptors (Lipinski definition) is 5.